The van der Waals surface area contributed by atoms with Crippen molar-refractivity contribution in [2.45, 2.75) is 26.9 Å². The molecule has 2 N–H and O–H groups in total. The zero-order chi connectivity index (χ0) is 16.2. The fourth-order valence-corrected chi connectivity index (χ4v) is 3.46. The third-order valence-corrected chi connectivity index (χ3v) is 4.47. The highest BCUT2D eigenvalue weighted by atomic mass is 32.2. The molecule has 1 aromatic rings. The highest BCUT2D eigenvalue weighted by Gasteiger charge is 2.22. The van der Waals surface area contributed by atoms with E-state index in [0.717, 1.165) is 0 Å². The molecule has 0 amide bonds. The van der Waals surface area contributed by atoms with Crippen molar-refractivity contribution in [3.05, 3.63) is 29.3 Å². The Morgan fingerprint density at radius 1 is 1.38 bits per heavy atom. The number of sulfonamides is 1. The molecule has 1 aromatic carbocycles. The molecule has 0 aliphatic carbocycles. The minimum absolute atomic E-state index is 0.0719. The number of benzene rings is 1. The van der Waals surface area contributed by atoms with Crippen molar-refractivity contribution in [2.24, 2.45) is 5.92 Å². The third kappa shape index (κ3) is 5.02. The van der Waals surface area contributed by atoms with Crippen LogP contribution in [0.25, 0.3) is 0 Å². The molecule has 0 bridgehead atoms. The van der Waals surface area contributed by atoms with E-state index >= 15 is 0 Å². The van der Waals surface area contributed by atoms with Crippen molar-refractivity contribution in [3.63, 3.8) is 0 Å². The molecule has 6 nitrogen and oxygen atoms in total. The van der Waals surface area contributed by atoms with Gasteiger partial charge in [0.1, 0.15) is 0 Å². The Balaban J connectivity index is 2.89. The van der Waals surface area contributed by atoms with E-state index in [1.165, 1.54) is 25.3 Å². The lowest BCUT2D eigenvalue weighted by molar-refractivity contribution is 0.0696. The number of anilines is 1. The van der Waals surface area contributed by atoms with Crippen molar-refractivity contribution in [1.82, 2.24) is 0 Å². The van der Waals surface area contributed by atoms with Crippen LogP contribution in [-0.4, -0.2) is 38.5 Å². The SMILES string of the molecule is COC(CS(=O)(=O)Nc1ccc(C(=O)O)c(C)c1)C(C)C. The summed E-state index contributed by atoms with van der Waals surface area (Å²) < 4.78 is 31.8. The van der Waals surface area contributed by atoms with Gasteiger partial charge in [-0.2, -0.15) is 0 Å². The number of methoxy groups -OCH3 is 1. The maximum Gasteiger partial charge on any atom is 0.335 e. The Hall–Kier alpha value is -1.60. The van der Waals surface area contributed by atoms with Gasteiger partial charge in [0.15, 0.2) is 0 Å². The maximum absolute atomic E-state index is 12.1. The Kier molecular flexibility index (Phi) is 5.74. The number of carboxylic acids is 1. The van der Waals surface area contributed by atoms with Crippen LogP contribution < -0.4 is 4.72 Å². The van der Waals surface area contributed by atoms with E-state index in [0.29, 0.717) is 11.3 Å². The minimum atomic E-state index is -3.56. The summed E-state index contributed by atoms with van der Waals surface area (Å²) in [5.41, 5.74) is 0.987. The Bertz CT molecular complexity index is 610. The van der Waals surface area contributed by atoms with E-state index in [4.69, 9.17) is 9.84 Å². The summed E-state index contributed by atoms with van der Waals surface area (Å²) in [6.07, 6.45) is -0.401. The van der Waals surface area contributed by atoms with Crippen LogP contribution in [0.5, 0.6) is 0 Å². The molecular formula is C14H21NO5S. The highest BCUT2D eigenvalue weighted by Crippen LogP contribution is 2.18. The average molecular weight is 315 g/mol. The monoisotopic (exact) mass is 315 g/mol. The first-order chi connectivity index (χ1) is 9.66. The van der Waals surface area contributed by atoms with E-state index in [1.54, 1.807) is 6.92 Å². The largest absolute Gasteiger partial charge is 0.478 e. The third-order valence-electron chi connectivity index (χ3n) is 3.16. The van der Waals surface area contributed by atoms with Crippen molar-refractivity contribution in [1.29, 1.82) is 0 Å². The van der Waals surface area contributed by atoms with E-state index in [2.05, 4.69) is 4.72 Å². The topological polar surface area (TPSA) is 92.7 Å². The number of carboxylic acid groups (broad SMARTS) is 1. The predicted octanol–water partition coefficient (Wildman–Crippen LogP) is 2.11. The fraction of sp³-hybridized carbons (Fsp3) is 0.500. The Morgan fingerprint density at radius 2 is 2.00 bits per heavy atom. The van der Waals surface area contributed by atoms with Gasteiger partial charge in [0.2, 0.25) is 10.0 Å². The molecule has 118 valence electrons. The normalized spacial score (nSPS) is 13.2. The van der Waals surface area contributed by atoms with Crippen LogP contribution >= 0.6 is 0 Å². The molecule has 0 spiro atoms. The van der Waals surface area contributed by atoms with Crippen LogP contribution in [0.1, 0.15) is 29.8 Å². The minimum Gasteiger partial charge on any atom is -0.478 e. The predicted molar refractivity (Wildman–Crippen MR) is 81.2 cm³/mol. The number of aromatic carboxylic acids is 1. The van der Waals surface area contributed by atoms with Crippen molar-refractivity contribution < 1.29 is 23.1 Å². The van der Waals surface area contributed by atoms with Crippen molar-refractivity contribution in [2.75, 3.05) is 17.6 Å². The quantitative estimate of drug-likeness (QED) is 0.804. The molecule has 0 aliphatic heterocycles. The van der Waals surface area contributed by atoms with Crippen molar-refractivity contribution in [3.8, 4) is 0 Å². The van der Waals surface area contributed by atoms with Gasteiger partial charge in [-0.05, 0) is 36.6 Å². The second kappa shape index (κ2) is 6.91. The van der Waals surface area contributed by atoms with Crippen LogP contribution in [-0.2, 0) is 14.8 Å². The highest BCUT2D eigenvalue weighted by molar-refractivity contribution is 7.92. The van der Waals surface area contributed by atoms with Gasteiger partial charge in [-0.3, -0.25) is 4.72 Å². The smallest absolute Gasteiger partial charge is 0.335 e. The van der Waals surface area contributed by atoms with Crippen molar-refractivity contribution >= 4 is 21.7 Å². The first-order valence-corrected chi connectivity index (χ1v) is 8.18. The standard InChI is InChI=1S/C14H21NO5S/c1-9(2)13(20-4)8-21(18,19)15-11-5-6-12(14(16)17)10(3)7-11/h5-7,9,13,15H,8H2,1-4H3,(H,16,17). The van der Waals surface area contributed by atoms with Crippen LogP contribution in [0.4, 0.5) is 5.69 Å². The van der Waals surface area contributed by atoms with E-state index < -0.39 is 22.1 Å². The lowest BCUT2D eigenvalue weighted by Crippen LogP contribution is -2.31. The lowest BCUT2D eigenvalue weighted by Gasteiger charge is -2.19. The molecule has 1 atom stereocenters. The van der Waals surface area contributed by atoms with Gasteiger partial charge in [-0.1, -0.05) is 13.8 Å². The summed E-state index contributed by atoms with van der Waals surface area (Å²) in [6, 6.07) is 4.31. The molecular weight excluding hydrogens is 294 g/mol. The fourth-order valence-electron chi connectivity index (χ4n) is 1.94. The molecule has 7 heteroatoms. The summed E-state index contributed by atoms with van der Waals surface area (Å²) in [5.74, 6) is -1.12. The number of ether oxygens (including phenoxy) is 1. The lowest BCUT2D eigenvalue weighted by atomic mass is 10.1. The molecule has 0 aromatic heterocycles. The first kappa shape index (κ1) is 17.5. The second-order valence-corrected chi connectivity index (χ2v) is 7.00. The van der Waals surface area contributed by atoms with E-state index in [1.807, 2.05) is 13.8 Å². The number of rotatable bonds is 7. The molecule has 1 rings (SSSR count). The van der Waals surface area contributed by atoms with Gasteiger partial charge in [0.05, 0.1) is 17.4 Å². The average Bonchev–Trinajstić information content (AvgIpc) is 2.34. The molecule has 21 heavy (non-hydrogen) atoms. The zero-order valence-electron chi connectivity index (χ0n) is 12.6. The number of aryl methyl sites for hydroxylation is 1. The maximum atomic E-state index is 12.1. The van der Waals surface area contributed by atoms with Gasteiger partial charge in [0, 0.05) is 12.8 Å². The summed E-state index contributed by atoms with van der Waals surface area (Å²) in [7, 11) is -2.09. The Morgan fingerprint density at radius 3 is 2.43 bits per heavy atom. The molecule has 0 heterocycles. The summed E-state index contributed by atoms with van der Waals surface area (Å²) >= 11 is 0. The van der Waals surface area contributed by atoms with E-state index in [-0.39, 0.29) is 17.2 Å². The van der Waals surface area contributed by atoms with Crippen LogP contribution in [0.3, 0.4) is 0 Å². The van der Waals surface area contributed by atoms with Crippen LogP contribution in [0.15, 0.2) is 18.2 Å². The van der Waals surface area contributed by atoms with Gasteiger partial charge in [-0.15, -0.1) is 0 Å². The summed E-state index contributed by atoms with van der Waals surface area (Å²) in [5, 5.41) is 8.95. The second-order valence-electron chi connectivity index (χ2n) is 5.24. The molecule has 0 saturated heterocycles. The molecule has 0 aliphatic rings. The van der Waals surface area contributed by atoms with Gasteiger partial charge in [0.25, 0.3) is 0 Å². The van der Waals surface area contributed by atoms with Gasteiger partial charge < -0.3 is 9.84 Å². The summed E-state index contributed by atoms with van der Waals surface area (Å²) in [4.78, 5) is 10.9. The van der Waals surface area contributed by atoms with E-state index in [9.17, 15) is 13.2 Å². The zero-order valence-corrected chi connectivity index (χ0v) is 13.4. The number of hydrogen-bond donors (Lipinski definition) is 2. The number of hydrogen-bond acceptors (Lipinski definition) is 4. The molecule has 0 radical (unpaired) electrons. The van der Waals surface area contributed by atoms with Gasteiger partial charge >= 0.3 is 5.97 Å². The number of carbonyl (C=O) groups is 1. The molecule has 1 unspecified atom stereocenters. The number of nitrogens with one attached hydrogen (secondary N) is 1. The molecule has 0 saturated carbocycles. The first-order valence-electron chi connectivity index (χ1n) is 6.53. The summed E-state index contributed by atoms with van der Waals surface area (Å²) in [6.45, 7) is 5.39. The Labute approximate surface area is 125 Å². The van der Waals surface area contributed by atoms with Gasteiger partial charge in [-0.25, -0.2) is 13.2 Å². The van der Waals surface area contributed by atoms with Crippen LogP contribution in [0, 0.1) is 12.8 Å². The molecule has 0 fully saturated rings. The van der Waals surface area contributed by atoms with Crippen LogP contribution in [0.2, 0.25) is 0 Å².